The van der Waals surface area contributed by atoms with Crippen molar-refractivity contribution < 1.29 is 19.2 Å². The Morgan fingerprint density at radius 3 is 2.18 bits per heavy atom. The van der Waals surface area contributed by atoms with Gasteiger partial charge in [0.15, 0.2) is 0 Å². The van der Waals surface area contributed by atoms with Gasteiger partial charge in [0.25, 0.3) is 0 Å². The second-order valence-electron chi connectivity index (χ2n) is 5.14. The molecule has 17 heavy (non-hydrogen) atoms. The van der Waals surface area contributed by atoms with Gasteiger partial charge in [0, 0.05) is 6.92 Å². The highest BCUT2D eigenvalue weighted by molar-refractivity contribution is 5.92. The molecule has 5 nitrogen and oxygen atoms in total. The van der Waals surface area contributed by atoms with Gasteiger partial charge in [0.2, 0.25) is 0 Å². The SMILES string of the molecule is COC(=O)C1=CC(C)(C)N(OC(C)=O)C1(C)C. The smallest absolute Gasteiger partial charge is 0.335 e. The standard InChI is InChI=1S/C12H19NO4/c1-8(14)17-13-11(2,3)7-9(10(15)16-6)12(13,4)5/h7H,1-6H3. The average Bonchev–Trinajstić information content (AvgIpc) is 2.36. The van der Waals surface area contributed by atoms with Gasteiger partial charge in [-0.25, -0.2) is 4.79 Å². The summed E-state index contributed by atoms with van der Waals surface area (Å²) in [6, 6.07) is 0. The third kappa shape index (κ3) is 2.34. The maximum absolute atomic E-state index is 11.7. The van der Waals surface area contributed by atoms with Crippen LogP contribution in [0.4, 0.5) is 0 Å². The Bertz CT molecular complexity index is 382. The lowest BCUT2D eigenvalue weighted by molar-refractivity contribution is -0.228. The minimum atomic E-state index is -0.706. The van der Waals surface area contributed by atoms with Gasteiger partial charge in [0.1, 0.15) is 0 Å². The molecule has 0 N–H and O–H groups in total. The van der Waals surface area contributed by atoms with Crippen LogP contribution >= 0.6 is 0 Å². The molecule has 1 aliphatic heterocycles. The predicted octanol–water partition coefficient (Wildman–Crippen LogP) is 1.44. The van der Waals surface area contributed by atoms with Crippen LogP contribution in [0.25, 0.3) is 0 Å². The molecular weight excluding hydrogens is 222 g/mol. The van der Waals surface area contributed by atoms with Gasteiger partial charge in [-0.05, 0) is 33.8 Å². The zero-order chi connectivity index (χ0) is 13.4. The van der Waals surface area contributed by atoms with Gasteiger partial charge in [0.05, 0.1) is 23.8 Å². The van der Waals surface area contributed by atoms with Crippen molar-refractivity contribution in [1.82, 2.24) is 5.06 Å². The van der Waals surface area contributed by atoms with E-state index in [1.807, 2.05) is 27.7 Å². The number of nitrogens with zero attached hydrogens (tertiary/aromatic N) is 1. The second-order valence-corrected chi connectivity index (χ2v) is 5.14. The number of hydrogen-bond acceptors (Lipinski definition) is 5. The van der Waals surface area contributed by atoms with Crippen molar-refractivity contribution in [3.8, 4) is 0 Å². The van der Waals surface area contributed by atoms with Crippen LogP contribution < -0.4 is 0 Å². The molecule has 0 aliphatic carbocycles. The third-order valence-electron chi connectivity index (χ3n) is 2.81. The summed E-state index contributed by atoms with van der Waals surface area (Å²) >= 11 is 0. The molecule has 0 spiro atoms. The van der Waals surface area contributed by atoms with Crippen molar-refractivity contribution in [2.75, 3.05) is 7.11 Å². The van der Waals surface area contributed by atoms with Crippen LogP contribution in [0.1, 0.15) is 34.6 Å². The van der Waals surface area contributed by atoms with Crippen molar-refractivity contribution in [3.05, 3.63) is 11.6 Å². The fourth-order valence-corrected chi connectivity index (χ4v) is 2.20. The van der Waals surface area contributed by atoms with Crippen LogP contribution in [0.15, 0.2) is 11.6 Å². The summed E-state index contributed by atoms with van der Waals surface area (Å²) in [5.74, 6) is -0.816. The number of carbonyl (C=O) groups is 2. The van der Waals surface area contributed by atoms with Gasteiger partial charge < -0.3 is 9.57 Å². The van der Waals surface area contributed by atoms with E-state index in [1.54, 1.807) is 6.08 Å². The van der Waals surface area contributed by atoms with Crippen LogP contribution in [0.2, 0.25) is 0 Å². The summed E-state index contributed by atoms with van der Waals surface area (Å²) in [7, 11) is 1.33. The Morgan fingerprint density at radius 2 is 1.76 bits per heavy atom. The molecule has 0 saturated carbocycles. The first-order chi connectivity index (χ1) is 7.63. The number of ether oxygens (including phenoxy) is 1. The van der Waals surface area contributed by atoms with Crippen LogP contribution in [0.5, 0.6) is 0 Å². The lowest BCUT2D eigenvalue weighted by Crippen LogP contribution is -2.51. The molecule has 1 heterocycles. The molecule has 96 valence electrons. The number of methoxy groups -OCH3 is 1. The van der Waals surface area contributed by atoms with E-state index in [0.717, 1.165) is 0 Å². The molecule has 0 atom stereocenters. The minimum Gasteiger partial charge on any atom is -0.466 e. The van der Waals surface area contributed by atoms with E-state index in [-0.39, 0.29) is 0 Å². The Hall–Kier alpha value is -1.36. The molecule has 0 aromatic rings. The van der Waals surface area contributed by atoms with Crippen LogP contribution in [-0.4, -0.2) is 35.2 Å². The molecule has 1 aliphatic rings. The fourth-order valence-electron chi connectivity index (χ4n) is 2.20. The normalized spacial score (nSPS) is 21.9. The number of esters is 1. The van der Waals surface area contributed by atoms with Crippen LogP contribution in [-0.2, 0) is 19.2 Å². The lowest BCUT2D eigenvalue weighted by atomic mass is 9.97. The van der Waals surface area contributed by atoms with E-state index in [2.05, 4.69) is 0 Å². The first kappa shape index (κ1) is 13.7. The molecule has 0 fully saturated rings. The summed E-state index contributed by atoms with van der Waals surface area (Å²) in [6.45, 7) is 8.70. The number of carbonyl (C=O) groups excluding carboxylic acids is 2. The Labute approximate surface area is 101 Å². The maximum atomic E-state index is 11.7. The molecule has 0 radical (unpaired) electrons. The van der Waals surface area contributed by atoms with E-state index >= 15 is 0 Å². The highest BCUT2D eigenvalue weighted by Crippen LogP contribution is 2.40. The topological polar surface area (TPSA) is 55.8 Å². The average molecular weight is 241 g/mol. The van der Waals surface area contributed by atoms with E-state index in [4.69, 9.17) is 9.57 Å². The first-order valence-electron chi connectivity index (χ1n) is 5.43. The zero-order valence-electron chi connectivity index (χ0n) is 11.2. The third-order valence-corrected chi connectivity index (χ3v) is 2.81. The zero-order valence-corrected chi connectivity index (χ0v) is 11.2. The summed E-state index contributed by atoms with van der Waals surface area (Å²) < 4.78 is 4.74. The number of rotatable bonds is 2. The van der Waals surface area contributed by atoms with Crippen molar-refractivity contribution in [3.63, 3.8) is 0 Å². The summed E-state index contributed by atoms with van der Waals surface area (Å²) in [6.07, 6.45) is 1.77. The quantitative estimate of drug-likeness (QED) is 0.685. The molecule has 0 amide bonds. The minimum absolute atomic E-state index is 0.405. The molecule has 0 aromatic heterocycles. The van der Waals surface area contributed by atoms with Crippen molar-refractivity contribution in [2.45, 2.75) is 45.7 Å². The van der Waals surface area contributed by atoms with Gasteiger partial charge in [-0.1, -0.05) is 0 Å². The van der Waals surface area contributed by atoms with Crippen molar-refractivity contribution in [2.24, 2.45) is 0 Å². The number of hydroxylamine groups is 2. The van der Waals surface area contributed by atoms with Crippen LogP contribution in [0, 0.1) is 0 Å². The molecule has 0 unspecified atom stereocenters. The Kier molecular flexibility index (Phi) is 3.34. The van der Waals surface area contributed by atoms with Gasteiger partial charge >= 0.3 is 11.9 Å². The largest absolute Gasteiger partial charge is 0.466 e. The monoisotopic (exact) mass is 241 g/mol. The summed E-state index contributed by atoms with van der Waals surface area (Å²) in [5, 5.41) is 1.52. The molecule has 0 aromatic carbocycles. The first-order valence-corrected chi connectivity index (χ1v) is 5.43. The summed E-state index contributed by atoms with van der Waals surface area (Å²) in [4.78, 5) is 28.0. The Balaban J connectivity index is 3.14. The second kappa shape index (κ2) is 4.14. The lowest BCUT2D eigenvalue weighted by Gasteiger charge is -2.38. The maximum Gasteiger partial charge on any atom is 0.335 e. The molecule has 0 saturated heterocycles. The molecule has 1 rings (SSSR count). The van der Waals surface area contributed by atoms with Gasteiger partial charge in [-0.3, -0.25) is 4.79 Å². The summed E-state index contributed by atoms with van der Waals surface area (Å²) in [5.41, 5.74) is -0.757. The van der Waals surface area contributed by atoms with Crippen LogP contribution in [0.3, 0.4) is 0 Å². The van der Waals surface area contributed by atoms with Gasteiger partial charge in [-0.2, -0.15) is 0 Å². The predicted molar refractivity (Wildman–Crippen MR) is 61.9 cm³/mol. The van der Waals surface area contributed by atoms with Crippen molar-refractivity contribution in [1.29, 1.82) is 0 Å². The molecular formula is C12H19NO4. The van der Waals surface area contributed by atoms with Crippen molar-refractivity contribution >= 4 is 11.9 Å². The molecule has 0 bridgehead atoms. The fraction of sp³-hybridized carbons (Fsp3) is 0.667. The van der Waals surface area contributed by atoms with E-state index in [1.165, 1.54) is 19.1 Å². The van der Waals surface area contributed by atoms with E-state index in [0.29, 0.717) is 5.57 Å². The van der Waals surface area contributed by atoms with Gasteiger partial charge in [-0.15, -0.1) is 5.06 Å². The molecule has 5 heteroatoms. The highest BCUT2D eigenvalue weighted by atomic mass is 16.7. The Morgan fingerprint density at radius 1 is 1.24 bits per heavy atom. The van der Waals surface area contributed by atoms with E-state index in [9.17, 15) is 9.59 Å². The highest BCUT2D eigenvalue weighted by Gasteiger charge is 2.51. The van der Waals surface area contributed by atoms with E-state index < -0.39 is 23.0 Å². The number of hydrogen-bond donors (Lipinski definition) is 0.